The van der Waals surface area contributed by atoms with Crippen LogP contribution in [-0.2, 0) is 0 Å². The Morgan fingerprint density at radius 1 is 0.350 bits per heavy atom. The Hall–Kier alpha value is 0.971. The molecule has 0 nitrogen and oxygen atoms in total. The van der Waals surface area contributed by atoms with Crippen LogP contribution in [0.2, 0.25) is 42.0 Å². The van der Waals surface area contributed by atoms with Crippen molar-refractivity contribution in [3.05, 3.63) is 21.5 Å². The molecular weight excluding hydrogens is 803 g/mol. The molecule has 40 heavy (non-hydrogen) atoms. The zero-order valence-electron chi connectivity index (χ0n) is 25.9. The van der Waals surface area contributed by atoms with Crippen LogP contribution in [0.3, 0.4) is 0 Å². The fourth-order valence-corrected chi connectivity index (χ4v) is 41.8. The summed E-state index contributed by atoms with van der Waals surface area (Å²) in [7, 11) is 0. The van der Waals surface area contributed by atoms with Gasteiger partial charge in [-0.2, -0.15) is 0 Å². The van der Waals surface area contributed by atoms with Crippen molar-refractivity contribution in [1.82, 2.24) is 0 Å². The van der Waals surface area contributed by atoms with E-state index in [1.807, 2.05) is 14.8 Å². The van der Waals surface area contributed by atoms with E-state index in [-0.39, 0.29) is 0 Å². The maximum absolute atomic E-state index is 2.67. The second kappa shape index (κ2) is 14.4. The van der Waals surface area contributed by atoms with Crippen molar-refractivity contribution in [2.45, 2.75) is 97.4 Å². The van der Waals surface area contributed by atoms with E-state index in [4.69, 9.17) is 0 Å². The summed E-state index contributed by atoms with van der Waals surface area (Å²) >= 11 is 2.51. The molecule has 216 valence electrons. The van der Waals surface area contributed by atoms with E-state index in [1.165, 1.54) is 42.0 Å². The molecule has 0 unspecified atom stereocenters. The van der Waals surface area contributed by atoms with Gasteiger partial charge in [0, 0.05) is 0 Å². The van der Waals surface area contributed by atoms with Gasteiger partial charge in [-0.25, -0.2) is 0 Å². The summed E-state index contributed by atoms with van der Waals surface area (Å²) in [6.07, 6.45) is 0. The summed E-state index contributed by atoms with van der Waals surface area (Å²) in [6, 6.07) is 0. The van der Waals surface area contributed by atoms with Gasteiger partial charge in [-0.15, -0.1) is 0 Å². The van der Waals surface area contributed by atoms with E-state index in [0.29, 0.717) is 0 Å². The normalized spacial score (nSPS) is 12.7. The Kier molecular flexibility index (Phi) is 11.6. The molecule has 0 spiro atoms. The fraction of sp³-hybridized carbons (Fsp3) is 0.500. The SMILES string of the molecule is C[CH2][GeH]([CH2]C)[c]1scc2c1-c1cs[c]([GeH]([CH2]C)[CH2]C)c1-c1cs[c]([GeH]([CH2]C)[CH2]C)c1-c1cs[c]([GeH]([CH2]C)[CH2]C)c1-2. The van der Waals surface area contributed by atoms with Crippen molar-refractivity contribution >= 4 is 118 Å². The van der Waals surface area contributed by atoms with Crippen molar-refractivity contribution < 1.29 is 0 Å². The molecule has 0 bridgehead atoms. The van der Waals surface area contributed by atoms with Gasteiger partial charge in [0.05, 0.1) is 0 Å². The third-order valence-corrected chi connectivity index (χ3v) is 48.6. The molecule has 0 aromatic carbocycles. The quantitative estimate of drug-likeness (QED) is 0.110. The van der Waals surface area contributed by atoms with E-state index >= 15 is 0 Å². The predicted molar refractivity (Wildman–Crippen MR) is 204 cm³/mol. The summed E-state index contributed by atoms with van der Waals surface area (Å²) in [5, 5.41) is 22.1. The number of hydrogen-bond acceptors (Lipinski definition) is 4. The average molecular weight is 851 g/mol. The van der Waals surface area contributed by atoms with Gasteiger partial charge in [0.2, 0.25) is 0 Å². The van der Waals surface area contributed by atoms with Crippen LogP contribution in [0.15, 0.2) is 21.5 Å². The van der Waals surface area contributed by atoms with Gasteiger partial charge in [0.15, 0.2) is 0 Å². The second-order valence-corrected chi connectivity index (χ2v) is 49.0. The predicted octanol–water partition coefficient (Wildman–Crippen LogP) is 8.81. The Bertz CT molecular complexity index is 1180. The first-order valence-electron chi connectivity index (χ1n) is 16.0. The molecule has 0 saturated heterocycles. The molecule has 0 amide bonds. The fourth-order valence-electron chi connectivity index (χ4n) is 7.18. The van der Waals surface area contributed by atoms with Crippen LogP contribution in [0.1, 0.15) is 55.4 Å². The van der Waals surface area contributed by atoms with Gasteiger partial charge in [-0.3, -0.25) is 0 Å². The van der Waals surface area contributed by atoms with Gasteiger partial charge < -0.3 is 0 Å². The molecule has 4 heterocycles. The Labute approximate surface area is 277 Å². The molecule has 0 fully saturated rings. The first-order chi connectivity index (χ1) is 19.5. The van der Waals surface area contributed by atoms with Crippen LogP contribution in [0.25, 0.3) is 44.5 Å². The minimum absolute atomic E-state index is 1.43. The van der Waals surface area contributed by atoms with Crippen molar-refractivity contribution in [2.75, 3.05) is 0 Å². The molecule has 5 rings (SSSR count). The van der Waals surface area contributed by atoms with E-state index in [0.717, 1.165) is 0 Å². The molecule has 8 heteroatoms. The zero-order chi connectivity index (χ0) is 28.6. The third-order valence-electron chi connectivity index (χ3n) is 9.78. The van der Waals surface area contributed by atoms with Crippen LogP contribution < -0.4 is 14.8 Å². The zero-order valence-corrected chi connectivity index (χ0v) is 38.9. The number of rotatable bonds is 12. The molecule has 0 N–H and O–H groups in total. The topological polar surface area (TPSA) is 0 Å². The van der Waals surface area contributed by atoms with Crippen molar-refractivity contribution in [2.24, 2.45) is 0 Å². The Balaban J connectivity index is 1.95. The Morgan fingerprint density at radius 3 is 0.675 bits per heavy atom. The minimum atomic E-state index is -1.55. The van der Waals surface area contributed by atoms with Crippen molar-refractivity contribution in [1.29, 1.82) is 0 Å². The van der Waals surface area contributed by atoms with Crippen LogP contribution in [0.5, 0.6) is 0 Å². The molecule has 4 aromatic heterocycles. The molecule has 1 aliphatic rings. The molecule has 0 aliphatic heterocycles. The monoisotopic (exact) mass is 856 g/mol. The van der Waals surface area contributed by atoms with E-state index in [9.17, 15) is 0 Å². The van der Waals surface area contributed by atoms with E-state index in [2.05, 4.69) is 122 Å². The summed E-state index contributed by atoms with van der Waals surface area (Å²) in [6.45, 7) is 20.0. The van der Waals surface area contributed by atoms with Crippen molar-refractivity contribution in [3.8, 4) is 44.5 Å². The van der Waals surface area contributed by atoms with Gasteiger partial charge in [-0.1, -0.05) is 0 Å². The average Bonchev–Trinajstić information content (AvgIpc) is 3.75. The van der Waals surface area contributed by atoms with Crippen LogP contribution in [0.4, 0.5) is 0 Å². The van der Waals surface area contributed by atoms with Crippen molar-refractivity contribution in [3.63, 3.8) is 0 Å². The number of hydrogen-bond donors (Lipinski definition) is 0. The Morgan fingerprint density at radius 2 is 0.525 bits per heavy atom. The van der Waals surface area contributed by atoms with Gasteiger partial charge in [-0.05, 0) is 0 Å². The second-order valence-electron chi connectivity index (χ2n) is 11.6. The number of thiophene rings is 4. The summed E-state index contributed by atoms with van der Waals surface area (Å²) < 4.78 is 7.47. The molecule has 0 radical (unpaired) electrons. The molecule has 0 atom stereocenters. The van der Waals surface area contributed by atoms with Crippen LogP contribution >= 0.6 is 45.3 Å². The summed E-state index contributed by atoms with van der Waals surface area (Å²) in [5.74, 6) is 0. The summed E-state index contributed by atoms with van der Waals surface area (Å²) in [5.41, 5.74) is 13.6. The maximum atomic E-state index is 2.67. The van der Waals surface area contributed by atoms with Gasteiger partial charge in [0.25, 0.3) is 0 Å². The number of fused-ring (bicyclic) bond motifs is 8. The standard InChI is InChI=1S/C32H48Ge4S4/c1-9-33(10-2)29-25-21(17-37-29)26-23(19-39-30(26)34(11-3)12-4)28-24(20-40-32(28)36(15-7)16-8)27-22(25)18-38-31(27)35(13-5)14-6/h17-20,33-36H,9-16H2,1-8H3. The first-order valence-corrected chi connectivity index (χ1v) is 38.1. The van der Waals surface area contributed by atoms with Gasteiger partial charge in [0.1, 0.15) is 0 Å². The first kappa shape index (κ1) is 32.4. The van der Waals surface area contributed by atoms with E-state index < -0.39 is 57.4 Å². The summed E-state index contributed by atoms with van der Waals surface area (Å²) in [4.78, 5) is 0. The van der Waals surface area contributed by atoms with Crippen LogP contribution in [-0.4, -0.2) is 57.4 Å². The third kappa shape index (κ3) is 5.51. The van der Waals surface area contributed by atoms with Gasteiger partial charge >= 0.3 is 281 Å². The molecule has 4 aromatic rings. The molecule has 1 aliphatic carbocycles. The molecule has 0 saturated carbocycles. The molecular formula is C32H48Ge4S4. The van der Waals surface area contributed by atoms with Crippen LogP contribution in [0, 0.1) is 0 Å². The van der Waals surface area contributed by atoms with E-state index in [1.54, 1.807) is 44.5 Å².